The third-order valence-corrected chi connectivity index (χ3v) is 11.7. The molecule has 8 heteroatoms. The molecule has 0 bridgehead atoms. The number of ketones is 2. The van der Waals surface area contributed by atoms with Crippen molar-refractivity contribution in [3.05, 3.63) is 171 Å². The SMILES string of the molecule is Cc1ccc(Cc2ccc(CC(=O)C3CCC4C(=O)N(c5ccc(Cc6ccc(CC(=O)c7ccc8c(c7)C(=O)N(C)C8=O)cc6)cc5)C(=O)C4C3)cc2)cc1. The number of carbonyl (C=O) groups excluding carboxylic acids is 6. The monoisotopic (exact) mass is 742 g/mol. The van der Waals surface area contributed by atoms with Crippen molar-refractivity contribution in [3.8, 4) is 0 Å². The van der Waals surface area contributed by atoms with E-state index in [2.05, 4.69) is 43.3 Å². The fourth-order valence-electron chi connectivity index (χ4n) is 8.38. The number of fused-ring (bicyclic) bond motifs is 2. The van der Waals surface area contributed by atoms with Crippen LogP contribution in [-0.4, -0.2) is 47.1 Å². The van der Waals surface area contributed by atoms with Gasteiger partial charge in [0.1, 0.15) is 5.78 Å². The minimum Gasteiger partial charge on any atom is -0.299 e. The van der Waals surface area contributed by atoms with Gasteiger partial charge in [-0.3, -0.25) is 38.6 Å². The summed E-state index contributed by atoms with van der Waals surface area (Å²) in [6.07, 6.45) is 3.48. The molecule has 0 radical (unpaired) electrons. The van der Waals surface area contributed by atoms with E-state index in [1.54, 1.807) is 6.07 Å². The molecule has 3 aliphatic rings. The van der Waals surface area contributed by atoms with E-state index in [-0.39, 0.29) is 47.2 Å². The highest BCUT2D eigenvalue weighted by Gasteiger charge is 2.51. The van der Waals surface area contributed by atoms with Gasteiger partial charge in [0.15, 0.2) is 5.78 Å². The van der Waals surface area contributed by atoms with Crippen LogP contribution in [0.15, 0.2) is 115 Å². The summed E-state index contributed by atoms with van der Waals surface area (Å²) in [6, 6.07) is 36.6. The number of hydrogen-bond donors (Lipinski definition) is 0. The van der Waals surface area contributed by atoms with Gasteiger partial charge in [-0.2, -0.15) is 0 Å². The van der Waals surface area contributed by atoms with Gasteiger partial charge in [0, 0.05) is 31.4 Å². The summed E-state index contributed by atoms with van der Waals surface area (Å²) < 4.78 is 0. The van der Waals surface area contributed by atoms with Gasteiger partial charge in [-0.05, 0) is 96.7 Å². The predicted octanol–water partition coefficient (Wildman–Crippen LogP) is 7.55. The first-order chi connectivity index (χ1) is 27.0. The van der Waals surface area contributed by atoms with Crippen molar-refractivity contribution < 1.29 is 28.8 Å². The summed E-state index contributed by atoms with van der Waals surface area (Å²) in [5.74, 6) is -2.31. The van der Waals surface area contributed by atoms with E-state index < -0.39 is 17.7 Å². The number of Topliss-reactive ketones (excluding diaryl/α,β-unsaturated/α-hetero) is 2. The Bertz CT molecular complexity index is 2380. The number of benzene rings is 5. The Morgan fingerprint density at radius 2 is 1.07 bits per heavy atom. The smallest absolute Gasteiger partial charge is 0.261 e. The molecule has 56 heavy (non-hydrogen) atoms. The molecule has 0 spiro atoms. The van der Waals surface area contributed by atoms with Crippen LogP contribution in [-0.2, 0) is 40.1 Å². The molecule has 0 N–H and O–H groups in total. The molecule has 2 aliphatic heterocycles. The topological polar surface area (TPSA) is 109 Å². The summed E-state index contributed by atoms with van der Waals surface area (Å²) in [4.78, 5) is 80.6. The third-order valence-electron chi connectivity index (χ3n) is 11.7. The van der Waals surface area contributed by atoms with Crippen molar-refractivity contribution in [2.45, 2.75) is 51.9 Å². The lowest BCUT2D eigenvalue weighted by Gasteiger charge is -2.27. The number of carbonyl (C=O) groups is 6. The summed E-state index contributed by atoms with van der Waals surface area (Å²) in [5.41, 5.74) is 9.00. The Kier molecular flexibility index (Phi) is 9.89. The first-order valence-electron chi connectivity index (χ1n) is 19.2. The summed E-state index contributed by atoms with van der Waals surface area (Å²) in [6.45, 7) is 2.08. The van der Waals surface area contributed by atoms with E-state index in [1.165, 1.54) is 40.8 Å². The Labute approximate surface area is 326 Å². The fourth-order valence-corrected chi connectivity index (χ4v) is 8.38. The molecule has 1 saturated heterocycles. The van der Waals surface area contributed by atoms with Crippen molar-refractivity contribution >= 4 is 40.9 Å². The number of nitrogens with zero attached hydrogens (tertiary/aromatic N) is 2. The Morgan fingerprint density at radius 1 is 0.571 bits per heavy atom. The van der Waals surface area contributed by atoms with E-state index in [0.29, 0.717) is 48.9 Å². The highest BCUT2D eigenvalue weighted by molar-refractivity contribution is 6.23. The molecule has 2 fully saturated rings. The first-order valence-corrected chi connectivity index (χ1v) is 19.2. The molecular formula is C48H42N2O6. The largest absolute Gasteiger partial charge is 0.299 e. The number of hydrogen-bond acceptors (Lipinski definition) is 6. The van der Waals surface area contributed by atoms with E-state index in [9.17, 15) is 28.8 Å². The van der Waals surface area contributed by atoms with Gasteiger partial charge in [-0.1, -0.05) is 96.6 Å². The van der Waals surface area contributed by atoms with Gasteiger partial charge in [0.2, 0.25) is 11.8 Å². The van der Waals surface area contributed by atoms with E-state index in [1.807, 2.05) is 60.7 Å². The number of anilines is 1. The van der Waals surface area contributed by atoms with Crippen molar-refractivity contribution in [1.82, 2.24) is 4.90 Å². The molecule has 8 nitrogen and oxygen atoms in total. The molecule has 5 aromatic carbocycles. The van der Waals surface area contributed by atoms with Crippen LogP contribution in [0.2, 0.25) is 0 Å². The lowest BCUT2D eigenvalue weighted by Crippen LogP contribution is -2.32. The summed E-state index contributed by atoms with van der Waals surface area (Å²) in [5, 5.41) is 0. The van der Waals surface area contributed by atoms with Crippen LogP contribution in [0.4, 0.5) is 5.69 Å². The van der Waals surface area contributed by atoms with Crippen LogP contribution in [0.3, 0.4) is 0 Å². The van der Waals surface area contributed by atoms with Gasteiger partial charge >= 0.3 is 0 Å². The minimum atomic E-state index is -0.483. The average Bonchev–Trinajstić information content (AvgIpc) is 3.59. The van der Waals surface area contributed by atoms with Crippen LogP contribution in [0, 0.1) is 24.7 Å². The molecule has 1 saturated carbocycles. The standard InChI is InChI=1S/C48H42N2O6/c1-29-3-5-30(6-4-29)23-31-7-11-35(12-8-31)26-44(52)37-18-22-40-42(28-37)48(56)50(47(40)55)38-19-15-33(16-20-38)24-32-9-13-34(14-10-32)25-43(51)36-17-21-39-41(27-36)46(54)49(2)45(39)53/h3-17,19-21,27,37,40,42H,18,22-26,28H2,1-2H3. The van der Waals surface area contributed by atoms with E-state index in [0.717, 1.165) is 33.6 Å². The number of amides is 4. The van der Waals surface area contributed by atoms with Gasteiger partial charge in [-0.15, -0.1) is 0 Å². The minimum absolute atomic E-state index is 0.126. The predicted molar refractivity (Wildman–Crippen MR) is 213 cm³/mol. The molecule has 2 heterocycles. The van der Waals surface area contributed by atoms with Crippen LogP contribution in [0.25, 0.3) is 0 Å². The first kappa shape index (κ1) is 36.7. The molecule has 1 aliphatic carbocycles. The average molecular weight is 743 g/mol. The molecule has 8 rings (SSSR count). The number of aryl methyl sites for hydroxylation is 1. The Morgan fingerprint density at radius 3 is 1.68 bits per heavy atom. The summed E-state index contributed by atoms with van der Waals surface area (Å²) >= 11 is 0. The molecular weight excluding hydrogens is 701 g/mol. The molecule has 5 aromatic rings. The van der Waals surface area contributed by atoms with Gasteiger partial charge in [-0.25, -0.2) is 0 Å². The normalized spacial score (nSPS) is 19.0. The zero-order valence-corrected chi connectivity index (χ0v) is 31.5. The zero-order chi connectivity index (χ0) is 39.1. The molecule has 0 aromatic heterocycles. The molecule has 4 amide bonds. The molecule has 3 unspecified atom stereocenters. The van der Waals surface area contributed by atoms with Crippen molar-refractivity contribution in [2.75, 3.05) is 11.9 Å². The highest BCUT2D eigenvalue weighted by atomic mass is 16.2. The molecule has 280 valence electrons. The lowest BCUT2D eigenvalue weighted by molar-refractivity contribution is -0.128. The molecule has 3 atom stereocenters. The lowest BCUT2D eigenvalue weighted by atomic mass is 9.73. The van der Waals surface area contributed by atoms with Gasteiger partial charge in [0.25, 0.3) is 11.8 Å². The summed E-state index contributed by atoms with van der Waals surface area (Å²) in [7, 11) is 1.43. The second-order valence-corrected chi connectivity index (χ2v) is 15.5. The van der Waals surface area contributed by atoms with Gasteiger partial charge < -0.3 is 0 Å². The van der Waals surface area contributed by atoms with Gasteiger partial charge in [0.05, 0.1) is 28.7 Å². The van der Waals surface area contributed by atoms with Crippen molar-refractivity contribution in [3.63, 3.8) is 0 Å². The number of imide groups is 2. The van der Waals surface area contributed by atoms with Crippen LogP contribution < -0.4 is 4.90 Å². The maximum absolute atomic E-state index is 13.7. The Hall–Kier alpha value is -6.28. The maximum Gasteiger partial charge on any atom is 0.261 e. The van der Waals surface area contributed by atoms with Crippen molar-refractivity contribution in [2.24, 2.45) is 17.8 Å². The maximum atomic E-state index is 13.7. The van der Waals surface area contributed by atoms with E-state index >= 15 is 0 Å². The highest BCUT2D eigenvalue weighted by Crippen LogP contribution is 2.43. The fraction of sp³-hybridized carbons (Fsp3) is 0.250. The van der Waals surface area contributed by atoms with Crippen LogP contribution in [0.5, 0.6) is 0 Å². The quantitative estimate of drug-likeness (QED) is 0.102. The third kappa shape index (κ3) is 7.27. The van der Waals surface area contributed by atoms with Crippen molar-refractivity contribution in [1.29, 1.82) is 0 Å². The second-order valence-electron chi connectivity index (χ2n) is 15.5. The van der Waals surface area contributed by atoms with E-state index in [4.69, 9.17) is 0 Å². The Balaban J connectivity index is 0.845. The van der Waals surface area contributed by atoms with Crippen LogP contribution >= 0.6 is 0 Å². The number of rotatable bonds is 11. The van der Waals surface area contributed by atoms with Crippen LogP contribution in [0.1, 0.15) is 89.3 Å². The second kappa shape index (κ2) is 15.1. The zero-order valence-electron chi connectivity index (χ0n) is 31.5.